The number of rotatable bonds is 25. The Bertz CT molecular complexity index is 630. The Morgan fingerprint density at radius 3 is 1.94 bits per heavy atom. The predicted molar refractivity (Wildman–Crippen MR) is 153 cm³/mol. The molecule has 0 saturated heterocycles. The van der Waals surface area contributed by atoms with Crippen LogP contribution in [-0.4, -0.2) is 23.1 Å². The number of ether oxygens (including phenoxy) is 1. The van der Waals surface area contributed by atoms with Crippen molar-refractivity contribution >= 4 is 11.9 Å². The molecule has 1 N–H and O–H groups in total. The fourth-order valence-corrected chi connectivity index (χ4v) is 3.86. The molecule has 0 bridgehead atoms. The van der Waals surface area contributed by atoms with Gasteiger partial charge in [0, 0.05) is 12.8 Å². The third kappa shape index (κ3) is 26.5. The van der Waals surface area contributed by atoms with Gasteiger partial charge in [-0.15, -0.1) is 0 Å². The van der Waals surface area contributed by atoms with E-state index in [2.05, 4.69) is 62.5 Å². The number of hydrogen-bond acceptors (Lipinski definition) is 3. The standard InChI is InChI=1S/C32H54O4/c1-3-5-7-9-10-11-12-13-14-15-16-17-18-19-25-29-32(35)36-30(26-22-8-6-4-2)27-23-20-21-24-28-31(33)34/h5,7,10-11,13-14,22,26,30H,3-4,6,8-9,12,15-21,23-25,27-29H2,1-2H3,(H,33,34)/b7-5-,11-10-,14-13-,26-22-. The molecule has 1 unspecified atom stereocenters. The summed E-state index contributed by atoms with van der Waals surface area (Å²) in [5.41, 5.74) is 0. The molecular weight excluding hydrogens is 448 g/mol. The first-order valence-electron chi connectivity index (χ1n) is 14.6. The molecule has 206 valence electrons. The molecule has 0 aromatic rings. The molecule has 1 atom stereocenters. The molecule has 4 heteroatoms. The van der Waals surface area contributed by atoms with Crippen molar-refractivity contribution in [1.82, 2.24) is 0 Å². The van der Waals surface area contributed by atoms with Gasteiger partial charge in [-0.2, -0.15) is 0 Å². The second-order valence-corrected chi connectivity index (χ2v) is 9.55. The van der Waals surface area contributed by atoms with Gasteiger partial charge in [-0.1, -0.05) is 101 Å². The average Bonchev–Trinajstić information content (AvgIpc) is 2.85. The lowest BCUT2D eigenvalue weighted by atomic mass is 10.1. The van der Waals surface area contributed by atoms with E-state index in [1.807, 2.05) is 0 Å². The molecule has 0 fully saturated rings. The van der Waals surface area contributed by atoms with Crippen LogP contribution in [0.4, 0.5) is 0 Å². The van der Waals surface area contributed by atoms with E-state index in [0.717, 1.165) is 89.9 Å². The van der Waals surface area contributed by atoms with Crippen molar-refractivity contribution in [3.8, 4) is 0 Å². The normalized spacial score (nSPS) is 12.9. The number of carboxylic acid groups (broad SMARTS) is 1. The minimum absolute atomic E-state index is 0.0906. The number of carboxylic acids is 1. The fraction of sp³-hybridized carbons (Fsp3) is 0.688. The molecule has 0 amide bonds. The van der Waals surface area contributed by atoms with Crippen molar-refractivity contribution in [1.29, 1.82) is 0 Å². The molecule has 0 aliphatic heterocycles. The number of unbranched alkanes of at least 4 members (excludes halogenated alkanes) is 10. The fourth-order valence-electron chi connectivity index (χ4n) is 3.86. The highest BCUT2D eigenvalue weighted by molar-refractivity contribution is 5.69. The third-order valence-electron chi connectivity index (χ3n) is 6.02. The first kappa shape index (κ1) is 33.9. The summed E-state index contributed by atoms with van der Waals surface area (Å²) in [5.74, 6) is -0.820. The van der Waals surface area contributed by atoms with Crippen LogP contribution < -0.4 is 0 Å². The Morgan fingerprint density at radius 2 is 1.25 bits per heavy atom. The smallest absolute Gasteiger partial charge is 0.306 e. The second-order valence-electron chi connectivity index (χ2n) is 9.55. The van der Waals surface area contributed by atoms with Crippen LogP contribution >= 0.6 is 0 Å². The lowest BCUT2D eigenvalue weighted by Gasteiger charge is -2.14. The molecule has 0 radical (unpaired) electrons. The van der Waals surface area contributed by atoms with Crippen LogP contribution in [-0.2, 0) is 14.3 Å². The van der Waals surface area contributed by atoms with Crippen molar-refractivity contribution in [3.63, 3.8) is 0 Å². The maximum atomic E-state index is 12.3. The van der Waals surface area contributed by atoms with Gasteiger partial charge in [0.25, 0.3) is 0 Å². The topological polar surface area (TPSA) is 63.6 Å². The van der Waals surface area contributed by atoms with Crippen molar-refractivity contribution in [2.75, 3.05) is 0 Å². The number of carbonyl (C=O) groups is 2. The number of allylic oxidation sites excluding steroid dienone is 7. The Balaban J connectivity index is 3.93. The van der Waals surface area contributed by atoms with E-state index in [-0.39, 0.29) is 18.5 Å². The Labute approximate surface area is 222 Å². The minimum atomic E-state index is -0.729. The Kier molecular flexibility index (Phi) is 25.9. The van der Waals surface area contributed by atoms with E-state index in [9.17, 15) is 9.59 Å². The van der Waals surface area contributed by atoms with Gasteiger partial charge in [0.15, 0.2) is 0 Å². The summed E-state index contributed by atoms with van der Waals surface area (Å²) in [6.45, 7) is 4.33. The SMILES string of the molecule is CC/C=C\C/C=C\C/C=C\CCCCCCCC(=O)OC(/C=C\CCCC)CCCCCCC(=O)O. The van der Waals surface area contributed by atoms with Crippen LogP contribution in [0.3, 0.4) is 0 Å². The highest BCUT2D eigenvalue weighted by Crippen LogP contribution is 2.14. The van der Waals surface area contributed by atoms with E-state index < -0.39 is 5.97 Å². The predicted octanol–water partition coefficient (Wildman–Crippen LogP) is 9.66. The molecule has 0 aromatic heterocycles. The van der Waals surface area contributed by atoms with Crippen molar-refractivity contribution in [2.45, 2.75) is 142 Å². The first-order valence-corrected chi connectivity index (χ1v) is 14.6. The molecule has 0 rings (SSSR count). The van der Waals surface area contributed by atoms with E-state index in [1.165, 1.54) is 19.3 Å². The van der Waals surface area contributed by atoms with E-state index >= 15 is 0 Å². The quantitative estimate of drug-likeness (QED) is 0.0766. The zero-order valence-electron chi connectivity index (χ0n) is 23.3. The molecular formula is C32H54O4. The van der Waals surface area contributed by atoms with Crippen molar-refractivity contribution < 1.29 is 19.4 Å². The first-order chi connectivity index (χ1) is 17.6. The van der Waals surface area contributed by atoms with Crippen LogP contribution in [0.15, 0.2) is 48.6 Å². The van der Waals surface area contributed by atoms with Gasteiger partial charge in [0.2, 0.25) is 0 Å². The summed E-state index contributed by atoms with van der Waals surface area (Å²) >= 11 is 0. The van der Waals surface area contributed by atoms with Gasteiger partial charge in [-0.3, -0.25) is 9.59 Å². The number of carbonyl (C=O) groups excluding carboxylic acids is 1. The van der Waals surface area contributed by atoms with Crippen molar-refractivity contribution in [3.05, 3.63) is 48.6 Å². The van der Waals surface area contributed by atoms with Gasteiger partial charge in [0.1, 0.15) is 6.10 Å². The molecule has 4 nitrogen and oxygen atoms in total. The molecule has 0 aromatic carbocycles. The molecule has 0 aliphatic carbocycles. The van der Waals surface area contributed by atoms with Crippen molar-refractivity contribution in [2.24, 2.45) is 0 Å². The number of aliphatic carboxylic acids is 1. The van der Waals surface area contributed by atoms with Crippen LogP contribution in [0, 0.1) is 0 Å². The Hall–Kier alpha value is -2.10. The largest absolute Gasteiger partial charge is 0.481 e. The Morgan fingerprint density at radius 1 is 0.667 bits per heavy atom. The lowest BCUT2D eigenvalue weighted by molar-refractivity contribution is -0.147. The summed E-state index contributed by atoms with van der Waals surface area (Å²) in [5, 5.41) is 8.73. The average molecular weight is 503 g/mol. The summed E-state index contributed by atoms with van der Waals surface area (Å²) in [6, 6.07) is 0. The summed E-state index contributed by atoms with van der Waals surface area (Å²) < 4.78 is 5.76. The maximum Gasteiger partial charge on any atom is 0.306 e. The van der Waals surface area contributed by atoms with E-state index in [1.54, 1.807) is 0 Å². The summed E-state index contributed by atoms with van der Waals surface area (Å²) in [6.07, 6.45) is 35.7. The number of esters is 1. The monoisotopic (exact) mass is 502 g/mol. The zero-order chi connectivity index (χ0) is 26.5. The third-order valence-corrected chi connectivity index (χ3v) is 6.02. The molecule has 36 heavy (non-hydrogen) atoms. The van der Waals surface area contributed by atoms with Gasteiger partial charge < -0.3 is 9.84 Å². The second kappa shape index (κ2) is 27.5. The highest BCUT2D eigenvalue weighted by Gasteiger charge is 2.11. The maximum absolute atomic E-state index is 12.3. The van der Waals surface area contributed by atoms with Gasteiger partial charge in [0.05, 0.1) is 0 Å². The van der Waals surface area contributed by atoms with Crippen LogP contribution in [0.1, 0.15) is 136 Å². The van der Waals surface area contributed by atoms with E-state index in [4.69, 9.17) is 9.84 Å². The van der Waals surface area contributed by atoms with Gasteiger partial charge in [-0.05, 0) is 70.3 Å². The van der Waals surface area contributed by atoms with Gasteiger partial charge >= 0.3 is 11.9 Å². The van der Waals surface area contributed by atoms with Gasteiger partial charge in [-0.25, -0.2) is 0 Å². The van der Waals surface area contributed by atoms with E-state index in [0.29, 0.717) is 6.42 Å². The number of hydrogen-bond donors (Lipinski definition) is 1. The molecule has 0 saturated carbocycles. The molecule has 0 aliphatic rings. The van der Waals surface area contributed by atoms with Crippen LogP contribution in [0.5, 0.6) is 0 Å². The summed E-state index contributed by atoms with van der Waals surface area (Å²) in [4.78, 5) is 23.0. The van der Waals surface area contributed by atoms with Crippen LogP contribution in [0.2, 0.25) is 0 Å². The molecule has 0 heterocycles. The summed E-state index contributed by atoms with van der Waals surface area (Å²) in [7, 11) is 0. The molecule has 0 spiro atoms. The lowest BCUT2D eigenvalue weighted by Crippen LogP contribution is -2.16. The van der Waals surface area contributed by atoms with Crippen LogP contribution in [0.25, 0.3) is 0 Å². The minimum Gasteiger partial charge on any atom is -0.481 e. The zero-order valence-corrected chi connectivity index (χ0v) is 23.3. The highest BCUT2D eigenvalue weighted by atomic mass is 16.5.